The molecular formula is C17H15N7. The van der Waals surface area contributed by atoms with E-state index in [1.165, 1.54) is 0 Å². The lowest BCUT2D eigenvalue weighted by Crippen LogP contribution is -2.07. The summed E-state index contributed by atoms with van der Waals surface area (Å²) in [6.07, 6.45) is 5.78. The van der Waals surface area contributed by atoms with Gasteiger partial charge < -0.3 is 10.2 Å². The Labute approximate surface area is 139 Å². The molecule has 0 saturated carbocycles. The van der Waals surface area contributed by atoms with Crippen molar-refractivity contribution in [3.63, 3.8) is 0 Å². The van der Waals surface area contributed by atoms with Crippen molar-refractivity contribution in [1.29, 1.82) is 5.26 Å². The Hall–Kier alpha value is -3.40. The average Bonchev–Trinajstić information content (AvgIpc) is 3.20. The van der Waals surface area contributed by atoms with E-state index in [2.05, 4.69) is 21.6 Å². The van der Waals surface area contributed by atoms with Crippen molar-refractivity contribution in [2.75, 3.05) is 5.32 Å². The Bertz CT molecular complexity index is 924. The molecule has 1 aliphatic rings. The van der Waals surface area contributed by atoms with Crippen LogP contribution in [-0.4, -0.2) is 24.6 Å². The standard InChI is InChI=1S/C17H15N7/c1-23-8-13(7-19-23)20-17-21-15-10-24(11-18)9-14(15)16(22-17)12-5-3-2-4-6-12/h2-8H,9-10H2,1H3,(H,20,21,22). The van der Waals surface area contributed by atoms with Crippen LogP contribution in [0.3, 0.4) is 0 Å². The van der Waals surface area contributed by atoms with Gasteiger partial charge in [-0.05, 0) is 0 Å². The Morgan fingerprint density at radius 3 is 2.71 bits per heavy atom. The summed E-state index contributed by atoms with van der Waals surface area (Å²) < 4.78 is 1.71. The molecule has 0 atom stereocenters. The van der Waals surface area contributed by atoms with Crippen molar-refractivity contribution in [2.45, 2.75) is 13.1 Å². The molecule has 0 radical (unpaired) electrons. The van der Waals surface area contributed by atoms with Gasteiger partial charge in [0.2, 0.25) is 5.95 Å². The molecule has 3 aromatic rings. The first kappa shape index (κ1) is 14.2. The van der Waals surface area contributed by atoms with Crippen LogP contribution in [0.2, 0.25) is 0 Å². The fourth-order valence-electron chi connectivity index (χ4n) is 2.83. The van der Waals surface area contributed by atoms with Gasteiger partial charge in [0.1, 0.15) is 0 Å². The number of hydrogen-bond acceptors (Lipinski definition) is 6. The van der Waals surface area contributed by atoms with Gasteiger partial charge in [0.15, 0.2) is 6.19 Å². The van der Waals surface area contributed by atoms with E-state index in [-0.39, 0.29) is 0 Å². The Morgan fingerprint density at radius 2 is 2.00 bits per heavy atom. The predicted molar refractivity (Wildman–Crippen MR) is 88.8 cm³/mol. The molecule has 0 aliphatic carbocycles. The lowest BCUT2D eigenvalue weighted by atomic mass is 10.1. The lowest BCUT2D eigenvalue weighted by molar-refractivity contribution is 0.415. The summed E-state index contributed by atoms with van der Waals surface area (Å²) in [5, 5.41) is 16.5. The molecule has 0 spiro atoms. The van der Waals surface area contributed by atoms with Gasteiger partial charge in [-0.3, -0.25) is 4.68 Å². The molecular weight excluding hydrogens is 302 g/mol. The molecule has 7 nitrogen and oxygen atoms in total. The zero-order valence-corrected chi connectivity index (χ0v) is 13.1. The third-order valence-corrected chi connectivity index (χ3v) is 3.93. The minimum Gasteiger partial charge on any atom is -0.321 e. The van der Waals surface area contributed by atoms with Crippen LogP contribution < -0.4 is 5.32 Å². The number of fused-ring (bicyclic) bond motifs is 1. The lowest BCUT2D eigenvalue weighted by Gasteiger charge is -2.10. The average molecular weight is 317 g/mol. The molecule has 4 rings (SSSR count). The van der Waals surface area contributed by atoms with Crippen molar-refractivity contribution in [3.8, 4) is 17.5 Å². The van der Waals surface area contributed by atoms with E-state index in [0.717, 1.165) is 28.2 Å². The van der Waals surface area contributed by atoms with E-state index in [1.807, 2.05) is 43.6 Å². The molecule has 2 aromatic heterocycles. The van der Waals surface area contributed by atoms with Crippen LogP contribution in [0.4, 0.5) is 11.6 Å². The fourth-order valence-corrected chi connectivity index (χ4v) is 2.83. The molecule has 0 unspecified atom stereocenters. The molecule has 0 saturated heterocycles. The van der Waals surface area contributed by atoms with Gasteiger partial charge >= 0.3 is 0 Å². The third-order valence-electron chi connectivity index (χ3n) is 3.93. The van der Waals surface area contributed by atoms with Gasteiger partial charge in [-0.1, -0.05) is 30.3 Å². The molecule has 1 aliphatic heterocycles. The van der Waals surface area contributed by atoms with E-state index in [4.69, 9.17) is 4.98 Å². The highest BCUT2D eigenvalue weighted by Crippen LogP contribution is 2.31. The molecule has 3 heterocycles. The minimum atomic E-state index is 0.510. The Kier molecular flexibility index (Phi) is 3.35. The number of rotatable bonds is 3. The van der Waals surface area contributed by atoms with Gasteiger partial charge in [-0.2, -0.15) is 10.4 Å². The molecule has 0 fully saturated rings. The van der Waals surface area contributed by atoms with Gasteiger partial charge in [0.05, 0.1) is 36.4 Å². The van der Waals surface area contributed by atoms with Crippen LogP contribution in [0.15, 0.2) is 42.7 Å². The SMILES string of the molecule is Cn1cc(Nc2nc3c(c(-c4ccccc4)n2)CN(C#N)C3)cn1. The van der Waals surface area contributed by atoms with E-state index in [0.29, 0.717) is 19.0 Å². The quantitative estimate of drug-likeness (QED) is 0.747. The summed E-state index contributed by atoms with van der Waals surface area (Å²) in [5.41, 5.74) is 4.61. The minimum absolute atomic E-state index is 0.510. The second kappa shape index (κ2) is 5.66. The topological polar surface area (TPSA) is 82.7 Å². The molecule has 0 amide bonds. The molecule has 1 N–H and O–H groups in total. The number of anilines is 2. The number of benzene rings is 1. The van der Waals surface area contributed by atoms with Crippen LogP contribution in [-0.2, 0) is 20.1 Å². The van der Waals surface area contributed by atoms with Crippen LogP contribution in [0.1, 0.15) is 11.3 Å². The highest BCUT2D eigenvalue weighted by molar-refractivity contribution is 5.67. The molecule has 7 heteroatoms. The molecule has 118 valence electrons. The highest BCUT2D eigenvalue weighted by Gasteiger charge is 2.25. The highest BCUT2D eigenvalue weighted by atomic mass is 15.3. The number of nitrogens with zero attached hydrogens (tertiary/aromatic N) is 6. The van der Waals surface area contributed by atoms with Gasteiger partial charge in [0.25, 0.3) is 0 Å². The summed E-state index contributed by atoms with van der Waals surface area (Å²) in [6, 6.07) is 9.97. The second-order valence-corrected chi connectivity index (χ2v) is 5.67. The number of hydrogen-bond donors (Lipinski definition) is 1. The Morgan fingerprint density at radius 1 is 1.17 bits per heavy atom. The van der Waals surface area contributed by atoms with Gasteiger partial charge in [-0.25, -0.2) is 9.97 Å². The largest absolute Gasteiger partial charge is 0.321 e. The van der Waals surface area contributed by atoms with Crippen LogP contribution >= 0.6 is 0 Å². The second-order valence-electron chi connectivity index (χ2n) is 5.67. The van der Waals surface area contributed by atoms with Crippen molar-refractivity contribution in [2.24, 2.45) is 7.05 Å². The monoisotopic (exact) mass is 317 g/mol. The van der Waals surface area contributed by atoms with Crippen LogP contribution in [0, 0.1) is 11.5 Å². The first-order valence-electron chi connectivity index (χ1n) is 7.58. The normalized spacial score (nSPS) is 12.8. The van der Waals surface area contributed by atoms with Crippen molar-refractivity contribution < 1.29 is 0 Å². The van der Waals surface area contributed by atoms with Gasteiger partial charge in [-0.15, -0.1) is 0 Å². The number of aromatic nitrogens is 4. The third kappa shape index (κ3) is 2.54. The summed E-state index contributed by atoms with van der Waals surface area (Å²) in [5.74, 6) is 0.514. The zero-order valence-electron chi connectivity index (χ0n) is 13.1. The molecule has 24 heavy (non-hydrogen) atoms. The van der Waals surface area contributed by atoms with Crippen molar-refractivity contribution in [3.05, 3.63) is 54.0 Å². The van der Waals surface area contributed by atoms with Crippen molar-refractivity contribution in [1.82, 2.24) is 24.6 Å². The number of nitriles is 1. The first-order valence-corrected chi connectivity index (χ1v) is 7.58. The van der Waals surface area contributed by atoms with E-state index in [9.17, 15) is 5.26 Å². The predicted octanol–water partition coefficient (Wildman–Crippen LogP) is 2.42. The fraction of sp³-hybridized carbons (Fsp3) is 0.176. The zero-order chi connectivity index (χ0) is 16.5. The summed E-state index contributed by atoms with van der Waals surface area (Å²) >= 11 is 0. The summed E-state index contributed by atoms with van der Waals surface area (Å²) in [6.45, 7) is 1.05. The molecule has 0 bridgehead atoms. The molecule has 1 aromatic carbocycles. The van der Waals surface area contributed by atoms with E-state index < -0.39 is 0 Å². The van der Waals surface area contributed by atoms with Crippen LogP contribution in [0.25, 0.3) is 11.3 Å². The maximum atomic E-state index is 9.21. The smallest absolute Gasteiger partial charge is 0.228 e. The summed E-state index contributed by atoms with van der Waals surface area (Å²) in [7, 11) is 1.86. The Balaban J connectivity index is 1.79. The van der Waals surface area contributed by atoms with Crippen molar-refractivity contribution >= 4 is 11.6 Å². The first-order chi connectivity index (χ1) is 11.7. The maximum absolute atomic E-state index is 9.21. The number of aryl methyl sites for hydroxylation is 1. The van der Waals surface area contributed by atoms with Crippen LogP contribution in [0.5, 0.6) is 0 Å². The number of nitrogens with one attached hydrogen (secondary N) is 1. The van der Waals surface area contributed by atoms with Gasteiger partial charge in [0, 0.05) is 24.4 Å². The van der Waals surface area contributed by atoms with E-state index >= 15 is 0 Å². The summed E-state index contributed by atoms with van der Waals surface area (Å²) in [4.78, 5) is 11.0. The van der Waals surface area contributed by atoms with E-state index in [1.54, 1.807) is 15.8 Å². The maximum Gasteiger partial charge on any atom is 0.228 e.